The molecule has 174 valence electrons. The van der Waals surface area contributed by atoms with Gasteiger partial charge in [-0.05, 0) is 56.3 Å². The highest BCUT2D eigenvalue weighted by atomic mass is 32.2. The van der Waals surface area contributed by atoms with Crippen molar-refractivity contribution in [1.29, 1.82) is 0 Å². The van der Waals surface area contributed by atoms with E-state index in [0.717, 1.165) is 56.4 Å². The summed E-state index contributed by atoms with van der Waals surface area (Å²) in [4.78, 5) is 6.35. The average Bonchev–Trinajstić information content (AvgIpc) is 3.43. The first-order chi connectivity index (χ1) is 15.4. The number of likely N-dealkylation sites (N-methyl/N-ethyl adjacent to an activating group) is 1. The summed E-state index contributed by atoms with van der Waals surface area (Å²) < 4.78 is 41.1. The van der Waals surface area contributed by atoms with Gasteiger partial charge in [-0.1, -0.05) is 12.8 Å². The van der Waals surface area contributed by atoms with E-state index in [1.165, 1.54) is 23.8 Å². The molecule has 3 aliphatic rings. The van der Waals surface area contributed by atoms with Crippen molar-refractivity contribution < 1.29 is 12.8 Å². The van der Waals surface area contributed by atoms with Crippen LogP contribution in [0.3, 0.4) is 0 Å². The maximum Gasteiger partial charge on any atom is 0.187 e. The van der Waals surface area contributed by atoms with Crippen LogP contribution < -0.4 is 10.6 Å². The quantitative estimate of drug-likeness (QED) is 0.602. The molecule has 3 fully saturated rings. The van der Waals surface area contributed by atoms with Crippen LogP contribution in [0.2, 0.25) is 0 Å². The lowest BCUT2D eigenvalue weighted by Crippen LogP contribution is -2.61. The van der Waals surface area contributed by atoms with E-state index >= 15 is 4.39 Å². The van der Waals surface area contributed by atoms with E-state index in [4.69, 9.17) is 0 Å². The molecule has 9 heteroatoms. The summed E-state index contributed by atoms with van der Waals surface area (Å²) in [6, 6.07) is 4.22. The summed E-state index contributed by atoms with van der Waals surface area (Å²) in [5.74, 6) is -0.622. The number of nitrogens with zero attached hydrogens (tertiary/aromatic N) is 2. The lowest BCUT2D eigenvalue weighted by Gasteiger charge is -2.45. The third-order valence-corrected chi connectivity index (χ3v) is 9.78. The maximum atomic E-state index is 15.2. The SMILES string of the molecule is CN(C1CNC1)[C@H]1CCCC[C@@H]1Nc1cc(F)c(S(=O)(=O)Cc2nccs2)cc1C1CC1. The minimum atomic E-state index is -3.79. The van der Waals surface area contributed by atoms with Gasteiger partial charge >= 0.3 is 0 Å². The molecule has 2 aliphatic carbocycles. The number of hydrogen-bond acceptors (Lipinski definition) is 7. The normalized spacial score (nSPS) is 24.5. The Kier molecular flexibility index (Phi) is 6.26. The number of hydrogen-bond donors (Lipinski definition) is 2. The molecule has 1 aromatic heterocycles. The molecule has 1 saturated heterocycles. The highest BCUT2D eigenvalue weighted by Crippen LogP contribution is 2.45. The fraction of sp³-hybridized carbons (Fsp3) is 0.609. The van der Waals surface area contributed by atoms with E-state index in [1.54, 1.807) is 17.6 Å². The molecule has 1 aromatic carbocycles. The van der Waals surface area contributed by atoms with Gasteiger partial charge in [0.05, 0.1) is 0 Å². The Labute approximate surface area is 193 Å². The van der Waals surface area contributed by atoms with E-state index < -0.39 is 15.7 Å². The highest BCUT2D eigenvalue weighted by molar-refractivity contribution is 7.90. The van der Waals surface area contributed by atoms with Crippen molar-refractivity contribution >= 4 is 26.9 Å². The van der Waals surface area contributed by atoms with Gasteiger partial charge in [-0.2, -0.15) is 0 Å². The minimum Gasteiger partial charge on any atom is -0.380 e. The minimum absolute atomic E-state index is 0.196. The van der Waals surface area contributed by atoms with E-state index in [1.807, 2.05) is 0 Å². The molecule has 6 nitrogen and oxygen atoms in total. The van der Waals surface area contributed by atoms with Crippen molar-refractivity contribution in [2.24, 2.45) is 0 Å². The summed E-state index contributed by atoms with van der Waals surface area (Å²) in [6.45, 7) is 2.04. The number of nitrogens with one attached hydrogen (secondary N) is 2. The predicted molar refractivity (Wildman–Crippen MR) is 125 cm³/mol. The molecule has 0 spiro atoms. The number of benzene rings is 1. The number of rotatable bonds is 8. The van der Waals surface area contributed by atoms with Crippen LogP contribution in [0.4, 0.5) is 10.1 Å². The zero-order chi connectivity index (χ0) is 22.3. The van der Waals surface area contributed by atoms with Gasteiger partial charge in [0.2, 0.25) is 0 Å². The molecule has 1 aliphatic heterocycles. The molecule has 2 aromatic rings. The Hall–Kier alpha value is -1.55. The van der Waals surface area contributed by atoms with Gasteiger partial charge in [0.15, 0.2) is 9.84 Å². The van der Waals surface area contributed by atoms with Crippen molar-refractivity contribution in [3.8, 4) is 0 Å². The van der Waals surface area contributed by atoms with Crippen molar-refractivity contribution in [3.63, 3.8) is 0 Å². The number of halogens is 1. The second kappa shape index (κ2) is 9.00. The fourth-order valence-electron chi connectivity index (χ4n) is 5.03. The summed E-state index contributed by atoms with van der Waals surface area (Å²) in [5.41, 5.74) is 1.72. The Morgan fingerprint density at radius 1 is 1.22 bits per heavy atom. The fourth-order valence-corrected chi connectivity index (χ4v) is 7.38. The molecule has 32 heavy (non-hydrogen) atoms. The van der Waals surface area contributed by atoms with Gasteiger partial charge in [0, 0.05) is 48.5 Å². The number of thiazole rings is 1. The molecule has 2 N–H and O–H groups in total. The first-order valence-corrected chi connectivity index (χ1v) is 14.1. The molecule has 0 amide bonds. The highest BCUT2D eigenvalue weighted by Gasteiger charge is 2.36. The van der Waals surface area contributed by atoms with Gasteiger partial charge in [0.25, 0.3) is 0 Å². The first kappa shape index (κ1) is 22.3. The van der Waals surface area contributed by atoms with Crippen LogP contribution in [0.15, 0.2) is 28.6 Å². The van der Waals surface area contributed by atoms with Gasteiger partial charge in [0.1, 0.15) is 21.5 Å². The smallest absolute Gasteiger partial charge is 0.187 e. The van der Waals surface area contributed by atoms with Crippen molar-refractivity contribution in [1.82, 2.24) is 15.2 Å². The maximum absolute atomic E-state index is 15.2. The number of anilines is 1. The molecule has 2 heterocycles. The van der Waals surface area contributed by atoms with Crippen LogP contribution in [0.5, 0.6) is 0 Å². The second-order valence-electron chi connectivity index (χ2n) is 9.41. The Morgan fingerprint density at radius 2 is 2.00 bits per heavy atom. The van der Waals surface area contributed by atoms with Crippen molar-refractivity contribution in [3.05, 3.63) is 40.1 Å². The lowest BCUT2D eigenvalue weighted by molar-refractivity contribution is 0.0944. The summed E-state index contributed by atoms with van der Waals surface area (Å²) in [6.07, 6.45) is 8.17. The molecule has 2 atom stereocenters. The molecule has 0 bridgehead atoms. The second-order valence-corrected chi connectivity index (χ2v) is 12.3. The Bertz CT molecular complexity index is 1050. The zero-order valence-electron chi connectivity index (χ0n) is 18.4. The van der Waals surface area contributed by atoms with Gasteiger partial charge in [-0.15, -0.1) is 11.3 Å². The van der Waals surface area contributed by atoms with E-state index in [-0.39, 0.29) is 16.7 Å². The van der Waals surface area contributed by atoms with Crippen LogP contribution in [0, 0.1) is 5.82 Å². The summed E-state index contributed by atoms with van der Waals surface area (Å²) in [5, 5.41) is 9.23. The van der Waals surface area contributed by atoms with Gasteiger partial charge < -0.3 is 10.6 Å². The average molecular weight is 479 g/mol. The van der Waals surface area contributed by atoms with Crippen molar-refractivity contribution in [2.75, 3.05) is 25.5 Å². The monoisotopic (exact) mass is 478 g/mol. The molecule has 0 radical (unpaired) electrons. The summed E-state index contributed by atoms with van der Waals surface area (Å²) >= 11 is 1.28. The number of sulfone groups is 1. The number of aromatic nitrogens is 1. The van der Waals surface area contributed by atoms with E-state index in [9.17, 15) is 8.42 Å². The molecular formula is C23H31FN4O2S2. The molecular weight excluding hydrogens is 447 g/mol. The predicted octanol–water partition coefficient (Wildman–Crippen LogP) is 3.76. The molecule has 2 saturated carbocycles. The van der Waals surface area contributed by atoms with Crippen LogP contribution in [0.25, 0.3) is 0 Å². The van der Waals surface area contributed by atoms with Crippen LogP contribution >= 0.6 is 11.3 Å². The van der Waals surface area contributed by atoms with E-state index in [0.29, 0.717) is 23.0 Å². The lowest BCUT2D eigenvalue weighted by atomic mass is 9.87. The zero-order valence-corrected chi connectivity index (χ0v) is 20.0. The van der Waals surface area contributed by atoms with Crippen LogP contribution in [0.1, 0.15) is 55.0 Å². The standard InChI is InChI=1S/C23H31FN4O2S2/c1-28(16-12-25-13-16)21-5-3-2-4-19(21)27-20-11-18(24)22(10-17(20)15-6-7-15)32(29,30)14-23-26-8-9-31-23/h8-11,15-16,19,21,25,27H,2-7,12-14H2,1H3/t19-,21-/m0/s1. The largest absolute Gasteiger partial charge is 0.380 e. The van der Waals surface area contributed by atoms with E-state index in [2.05, 4.69) is 27.6 Å². The molecule has 5 rings (SSSR count). The van der Waals surface area contributed by atoms with Crippen molar-refractivity contribution in [2.45, 2.75) is 73.2 Å². The first-order valence-electron chi connectivity index (χ1n) is 11.6. The van der Waals surface area contributed by atoms with Gasteiger partial charge in [-0.3, -0.25) is 4.90 Å². The molecule has 0 unspecified atom stereocenters. The van der Waals surface area contributed by atoms with Crippen LogP contribution in [-0.2, 0) is 15.6 Å². The topological polar surface area (TPSA) is 74.3 Å². The Morgan fingerprint density at radius 3 is 2.66 bits per heavy atom. The van der Waals surface area contributed by atoms with Crippen LogP contribution in [-0.4, -0.2) is 56.6 Å². The third kappa shape index (κ3) is 4.58. The van der Waals surface area contributed by atoms with Gasteiger partial charge in [-0.25, -0.2) is 17.8 Å². The third-order valence-electron chi connectivity index (χ3n) is 7.18. The Balaban J connectivity index is 1.42. The summed E-state index contributed by atoms with van der Waals surface area (Å²) in [7, 11) is -1.59.